The van der Waals surface area contributed by atoms with E-state index < -0.39 is 5.69 Å². The van der Waals surface area contributed by atoms with E-state index in [1.54, 1.807) is 42.9 Å². The fourth-order valence-corrected chi connectivity index (χ4v) is 3.88. The number of nitrogens with zero attached hydrogens (tertiary/aromatic N) is 4. The Labute approximate surface area is 191 Å². The first-order valence-electron chi connectivity index (χ1n) is 9.43. The van der Waals surface area contributed by atoms with Crippen LogP contribution < -0.4 is 16.3 Å². The first kappa shape index (κ1) is 21.5. The van der Waals surface area contributed by atoms with Crippen LogP contribution in [0.25, 0.3) is 11.4 Å². The Morgan fingerprint density at radius 3 is 2.50 bits per heavy atom. The van der Waals surface area contributed by atoms with E-state index in [0.717, 1.165) is 5.69 Å². The predicted molar refractivity (Wildman–Crippen MR) is 122 cm³/mol. The topological polar surface area (TPSA) is 111 Å². The van der Waals surface area contributed by atoms with Gasteiger partial charge in [-0.25, -0.2) is 9.78 Å². The molecule has 0 saturated carbocycles. The minimum absolute atomic E-state index is 0.204. The summed E-state index contributed by atoms with van der Waals surface area (Å²) in [6, 6.07) is 12.1. The molecule has 0 atom stereocenters. The zero-order valence-electron chi connectivity index (χ0n) is 16.8. The lowest BCUT2D eigenvalue weighted by molar-refractivity contribution is -0.114. The second-order valence-corrected chi connectivity index (χ2v) is 8.44. The van der Waals surface area contributed by atoms with Gasteiger partial charge in [0.05, 0.1) is 33.5 Å². The third kappa shape index (κ3) is 4.93. The maximum atomic E-state index is 12.3. The molecule has 162 valence electrons. The van der Waals surface area contributed by atoms with Gasteiger partial charge < -0.3 is 15.2 Å². The maximum absolute atomic E-state index is 12.3. The number of hydrogen-bond acceptors (Lipinski definition) is 6. The van der Waals surface area contributed by atoms with Crippen molar-refractivity contribution in [3.63, 3.8) is 0 Å². The molecule has 32 heavy (non-hydrogen) atoms. The number of imidazole rings is 1. The van der Waals surface area contributed by atoms with Crippen molar-refractivity contribution in [3.05, 3.63) is 86.6 Å². The van der Waals surface area contributed by atoms with Crippen LogP contribution in [0.2, 0.25) is 4.34 Å². The molecule has 0 aliphatic carbocycles. The van der Waals surface area contributed by atoms with Gasteiger partial charge in [0, 0.05) is 25.0 Å². The molecule has 0 radical (unpaired) electrons. The molecule has 0 spiro atoms. The van der Waals surface area contributed by atoms with E-state index in [-0.39, 0.29) is 24.2 Å². The molecule has 11 heteroatoms. The SMILES string of the molecule is CC(=O)Nc1ccn(-c2ccc(-n3cnc(CNC(=O)c4ccc(Cl)s4)c3)cc2)c(=O)n1. The highest BCUT2D eigenvalue weighted by Gasteiger charge is 2.10. The summed E-state index contributed by atoms with van der Waals surface area (Å²) >= 11 is 7.08. The second-order valence-electron chi connectivity index (χ2n) is 6.72. The zero-order chi connectivity index (χ0) is 22.7. The van der Waals surface area contributed by atoms with Crippen molar-refractivity contribution in [1.82, 2.24) is 24.4 Å². The number of benzene rings is 1. The molecule has 2 amide bonds. The van der Waals surface area contributed by atoms with Crippen molar-refractivity contribution >= 4 is 40.6 Å². The Balaban J connectivity index is 1.43. The van der Waals surface area contributed by atoms with Gasteiger partial charge in [-0.05, 0) is 42.5 Å². The minimum atomic E-state index is -0.503. The quantitative estimate of drug-likeness (QED) is 0.452. The fraction of sp³-hybridized carbons (Fsp3) is 0.0952. The second kappa shape index (κ2) is 9.16. The largest absolute Gasteiger partial charge is 0.354 e. The smallest absolute Gasteiger partial charge is 0.346 e. The number of thiophene rings is 1. The number of aromatic nitrogens is 4. The Bertz CT molecular complexity index is 1340. The lowest BCUT2D eigenvalue weighted by atomic mass is 10.2. The molecule has 9 nitrogen and oxygen atoms in total. The van der Waals surface area contributed by atoms with Crippen LogP contribution in [-0.4, -0.2) is 30.9 Å². The molecule has 0 saturated heterocycles. The number of carbonyl (C=O) groups excluding carboxylic acids is 2. The average molecular weight is 469 g/mol. The molecular weight excluding hydrogens is 452 g/mol. The highest BCUT2D eigenvalue weighted by atomic mass is 35.5. The summed E-state index contributed by atoms with van der Waals surface area (Å²) < 4.78 is 3.75. The van der Waals surface area contributed by atoms with Crippen LogP contribution in [0.1, 0.15) is 22.3 Å². The Morgan fingerprint density at radius 2 is 1.84 bits per heavy atom. The van der Waals surface area contributed by atoms with Gasteiger partial charge in [0.2, 0.25) is 5.91 Å². The first-order chi connectivity index (χ1) is 15.4. The van der Waals surface area contributed by atoms with Crippen LogP contribution in [0.15, 0.2) is 66.0 Å². The van der Waals surface area contributed by atoms with E-state index in [1.807, 2.05) is 22.9 Å². The molecule has 3 aromatic heterocycles. The standard InChI is InChI=1S/C21H17ClN6O3S/c1-13(29)25-19-8-9-28(21(31)26-19)16-4-2-15(3-5-16)27-11-14(24-12-27)10-23-20(30)17-6-7-18(22)32-17/h2-9,11-12H,10H2,1H3,(H,23,30)(H,25,26,29,31). The molecule has 4 rings (SSSR count). The van der Waals surface area contributed by atoms with E-state index >= 15 is 0 Å². The summed E-state index contributed by atoms with van der Waals surface area (Å²) in [5, 5.41) is 5.29. The monoisotopic (exact) mass is 468 g/mol. The average Bonchev–Trinajstić information content (AvgIpc) is 3.41. The molecular formula is C21H17ClN6O3S. The van der Waals surface area contributed by atoms with Gasteiger partial charge in [0.25, 0.3) is 5.91 Å². The molecule has 4 aromatic rings. The van der Waals surface area contributed by atoms with Crippen LogP contribution >= 0.6 is 22.9 Å². The summed E-state index contributed by atoms with van der Waals surface area (Å²) in [5.74, 6) is -0.297. The van der Waals surface area contributed by atoms with Crippen molar-refractivity contribution in [2.75, 3.05) is 5.32 Å². The van der Waals surface area contributed by atoms with Gasteiger partial charge in [0.15, 0.2) is 0 Å². The molecule has 0 aliphatic heterocycles. The summed E-state index contributed by atoms with van der Waals surface area (Å²) in [6.07, 6.45) is 5.01. The van der Waals surface area contributed by atoms with E-state index in [9.17, 15) is 14.4 Å². The van der Waals surface area contributed by atoms with Crippen LogP contribution in [0.4, 0.5) is 5.82 Å². The molecule has 2 N–H and O–H groups in total. The van der Waals surface area contributed by atoms with E-state index in [1.165, 1.54) is 22.8 Å². The lowest BCUT2D eigenvalue weighted by Gasteiger charge is -2.08. The summed E-state index contributed by atoms with van der Waals surface area (Å²) in [5.41, 5.74) is 1.65. The predicted octanol–water partition coefficient (Wildman–Crippen LogP) is 3.02. The molecule has 0 bridgehead atoms. The van der Waals surface area contributed by atoms with Gasteiger partial charge >= 0.3 is 5.69 Å². The van der Waals surface area contributed by atoms with E-state index in [4.69, 9.17) is 11.6 Å². The first-order valence-corrected chi connectivity index (χ1v) is 10.6. The Morgan fingerprint density at radius 1 is 1.09 bits per heavy atom. The van der Waals surface area contributed by atoms with Crippen LogP contribution in [0.5, 0.6) is 0 Å². The molecule has 1 aromatic carbocycles. The highest BCUT2D eigenvalue weighted by molar-refractivity contribution is 7.17. The summed E-state index contributed by atoms with van der Waals surface area (Å²) in [6.45, 7) is 1.63. The maximum Gasteiger partial charge on any atom is 0.354 e. The van der Waals surface area contributed by atoms with Crippen molar-refractivity contribution in [3.8, 4) is 11.4 Å². The van der Waals surface area contributed by atoms with Crippen molar-refractivity contribution in [1.29, 1.82) is 0 Å². The molecule has 0 unspecified atom stereocenters. The van der Waals surface area contributed by atoms with Crippen molar-refractivity contribution in [2.24, 2.45) is 0 Å². The van der Waals surface area contributed by atoms with Gasteiger partial charge in [-0.15, -0.1) is 11.3 Å². The van der Waals surface area contributed by atoms with Crippen LogP contribution in [0, 0.1) is 0 Å². The van der Waals surface area contributed by atoms with E-state index in [0.29, 0.717) is 20.6 Å². The van der Waals surface area contributed by atoms with Crippen molar-refractivity contribution in [2.45, 2.75) is 13.5 Å². The number of anilines is 1. The molecule has 3 heterocycles. The highest BCUT2D eigenvalue weighted by Crippen LogP contribution is 2.21. The third-order valence-corrected chi connectivity index (χ3v) is 5.63. The molecule has 0 aliphatic rings. The number of rotatable bonds is 6. The summed E-state index contributed by atoms with van der Waals surface area (Å²) in [4.78, 5) is 44.2. The van der Waals surface area contributed by atoms with E-state index in [2.05, 4.69) is 20.6 Å². The Hall–Kier alpha value is -3.76. The normalized spacial score (nSPS) is 10.7. The summed E-state index contributed by atoms with van der Waals surface area (Å²) in [7, 11) is 0. The minimum Gasteiger partial charge on any atom is -0.346 e. The lowest BCUT2D eigenvalue weighted by Crippen LogP contribution is -2.22. The number of nitrogens with one attached hydrogen (secondary N) is 2. The van der Waals surface area contributed by atoms with Gasteiger partial charge in [-0.3, -0.25) is 14.2 Å². The van der Waals surface area contributed by atoms with Crippen LogP contribution in [0.3, 0.4) is 0 Å². The van der Waals surface area contributed by atoms with Crippen LogP contribution in [-0.2, 0) is 11.3 Å². The zero-order valence-corrected chi connectivity index (χ0v) is 18.4. The van der Waals surface area contributed by atoms with Gasteiger partial charge in [0.1, 0.15) is 5.82 Å². The number of halogens is 1. The Kier molecular flexibility index (Phi) is 6.15. The van der Waals surface area contributed by atoms with Crippen molar-refractivity contribution < 1.29 is 9.59 Å². The third-order valence-electron chi connectivity index (χ3n) is 4.40. The molecule has 0 fully saturated rings. The number of amides is 2. The fourth-order valence-electron chi connectivity index (χ4n) is 2.93. The van der Waals surface area contributed by atoms with Gasteiger partial charge in [-0.2, -0.15) is 4.98 Å². The number of hydrogen-bond donors (Lipinski definition) is 2. The van der Waals surface area contributed by atoms with Gasteiger partial charge in [-0.1, -0.05) is 11.6 Å². The number of carbonyl (C=O) groups is 2.